The van der Waals surface area contributed by atoms with E-state index in [4.69, 9.17) is 5.11 Å². The summed E-state index contributed by atoms with van der Waals surface area (Å²) in [6, 6.07) is 0.400. The zero-order valence-electron chi connectivity index (χ0n) is 15.9. The Balaban J connectivity index is 1.29. The third-order valence-electron chi connectivity index (χ3n) is 5.69. The van der Waals surface area contributed by atoms with E-state index in [0.717, 1.165) is 45.3 Å². The van der Waals surface area contributed by atoms with Gasteiger partial charge in [-0.1, -0.05) is 0 Å². The zero-order chi connectivity index (χ0) is 19.2. The number of carbonyl (C=O) groups excluding carboxylic acids is 2. The van der Waals surface area contributed by atoms with Crippen molar-refractivity contribution in [2.45, 2.75) is 57.0 Å². The molecule has 8 heteroatoms. The molecule has 0 unspecified atom stereocenters. The Morgan fingerprint density at radius 1 is 1.07 bits per heavy atom. The normalized spacial score (nSPS) is 25.1. The van der Waals surface area contributed by atoms with E-state index in [0.29, 0.717) is 17.4 Å². The van der Waals surface area contributed by atoms with E-state index < -0.39 is 5.97 Å². The number of rotatable bonds is 10. The SMILES string of the molecule is O=C(O)CN(CC1CC1)C1CC(NC(=O)CSCC(=O)N2CCCCC2)C1. The molecule has 0 aromatic heterocycles. The molecule has 2 amide bonds. The first-order chi connectivity index (χ1) is 13.0. The lowest BCUT2D eigenvalue weighted by Crippen LogP contribution is -2.55. The first kappa shape index (κ1) is 20.5. The smallest absolute Gasteiger partial charge is 0.317 e. The van der Waals surface area contributed by atoms with Crippen LogP contribution in [-0.2, 0) is 14.4 Å². The summed E-state index contributed by atoms with van der Waals surface area (Å²) in [6.45, 7) is 2.66. The molecule has 2 saturated carbocycles. The number of thioether (sulfide) groups is 1. The van der Waals surface area contributed by atoms with Crippen molar-refractivity contribution in [3.63, 3.8) is 0 Å². The first-order valence-electron chi connectivity index (χ1n) is 10.1. The molecule has 0 aromatic rings. The minimum absolute atomic E-state index is 0.0260. The molecule has 0 spiro atoms. The largest absolute Gasteiger partial charge is 0.480 e. The van der Waals surface area contributed by atoms with Gasteiger partial charge in [0, 0.05) is 31.7 Å². The number of carboxylic acids is 1. The molecule has 0 aromatic carbocycles. The van der Waals surface area contributed by atoms with Crippen LogP contribution in [0.1, 0.15) is 44.9 Å². The number of hydrogen-bond acceptors (Lipinski definition) is 5. The molecule has 152 valence electrons. The number of carbonyl (C=O) groups is 3. The van der Waals surface area contributed by atoms with E-state index in [1.54, 1.807) is 0 Å². The number of piperidine rings is 1. The molecule has 3 fully saturated rings. The molecule has 3 aliphatic rings. The van der Waals surface area contributed by atoms with E-state index in [2.05, 4.69) is 10.2 Å². The summed E-state index contributed by atoms with van der Waals surface area (Å²) < 4.78 is 0. The number of nitrogens with zero attached hydrogens (tertiary/aromatic N) is 2. The van der Waals surface area contributed by atoms with E-state index >= 15 is 0 Å². The van der Waals surface area contributed by atoms with Crippen molar-refractivity contribution < 1.29 is 19.5 Å². The van der Waals surface area contributed by atoms with Crippen molar-refractivity contribution in [1.82, 2.24) is 15.1 Å². The number of nitrogens with one attached hydrogen (secondary N) is 1. The summed E-state index contributed by atoms with van der Waals surface area (Å²) in [4.78, 5) is 39.2. The highest BCUT2D eigenvalue weighted by Gasteiger charge is 2.37. The van der Waals surface area contributed by atoms with Crippen molar-refractivity contribution in [3.05, 3.63) is 0 Å². The molecular formula is C19H31N3O4S. The van der Waals surface area contributed by atoms with Gasteiger partial charge in [0.2, 0.25) is 11.8 Å². The van der Waals surface area contributed by atoms with E-state index in [1.165, 1.54) is 31.0 Å². The Kier molecular flexibility index (Phi) is 7.41. The van der Waals surface area contributed by atoms with Gasteiger partial charge in [-0.25, -0.2) is 0 Å². The van der Waals surface area contributed by atoms with Gasteiger partial charge in [0.25, 0.3) is 0 Å². The summed E-state index contributed by atoms with van der Waals surface area (Å²) >= 11 is 1.38. The summed E-state index contributed by atoms with van der Waals surface area (Å²) in [6.07, 6.45) is 7.42. The molecule has 3 rings (SSSR count). The van der Waals surface area contributed by atoms with Crippen LogP contribution in [-0.4, -0.2) is 82.5 Å². The highest BCUT2D eigenvalue weighted by atomic mass is 32.2. The van der Waals surface area contributed by atoms with Crippen LogP contribution in [0.4, 0.5) is 0 Å². The second-order valence-electron chi connectivity index (χ2n) is 8.09. The van der Waals surface area contributed by atoms with Crippen LogP contribution < -0.4 is 5.32 Å². The lowest BCUT2D eigenvalue weighted by Gasteiger charge is -2.42. The molecule has 7 nitrogen and oxygen atoms in total. The van der Waals surface area contributed by atoms with Crippen LogP contribution >= 0.6 is 11.8 Å². The van der Waals surface area contributed by atoms with Gasteiger partial charge >= 0.3 is 5.97 Å². The minimum atomic E-state index is -0.780. The monoisotopic (exact) mass is 397 g/mol. The van der Waals surface area contributed by atoms with Crippen LogP contribution in [0.25, 0.3) is 0 Å². The molecule has 0 bridgehead atoms. The molecular weight excluding hydrogens is 366 g/mol. The third kappa shape index (κ3) is 6.68. The molecule has 2 aliphatic carbocycles. The highest BCUT2D eigenvalue weighted by Crippen LogP contribution is 2.33. The average Bonchev–Trinajstić information content (AvgIpc) is 3.41. The molecule has 0 atom stereocenters. The van der Waals surface area contributed by atoms with Gasteiger partial charge < -0.3 is 15.3 Å². The van der Waals surface area contributed by atoms with E-state index in [1.807, 2.05) is 4.90 Å². The third-order valence-corrected chi connectivity index (χ3v) is 6.61. The fourth-order valence-corrected chi connectivity index (χ4v) is 4.62. The summed E-state index contributed by atoms with van der Waals surface area (Å²) in [5, 5.41) is 12.1. The van der Waals surface area contributed by atoms with Gasteiger partial charge in [-0.05, 0) is 50.9 Å². The number of carboxylic acid groups (broad SMARTS) is 1. The molecule has 1 aliphatic heterocycles. The Morgan fingerprint density at radius 3 is 2.41 bits per heavy atom. The van der Waals surface area contributed by atoms with Gasteiger partial charge in [0.05, 0.1) is 18.1 Å². The van der Waals surface area contributed by atoms with Crippen molar-refractivity contribution in [2.75, 3.05) is 37.7 Å². The second-order valence-corrected chi connectivity index (χ2v) is 9.08. The van der Waals surface area contributed by atoms with Gasteiger partial charge in [0.1, 0.15) is 0 Å². The first-order valence-corrected chi connectivity index (χ1v) is 11.3. The standard InChI is InChI=1S/C19H31N3O4S/c23-17(12-27-13-18(24)21-6-2-1-3-7-21)20-15-8-16(9-15)22(11-19(25)26)10-14-4-5-14/h14-16H,1-13H2,(H,20,23)(H,25,26). The number of aliphatic carboxylic acids is 1. The Morgan fingerprint density at radius 2 is 1.78 bits per heavy atom. The maximum absolute atomic E-state index is 12.1. The van der Waals surface area contributed by atoms with Gasteiger partial charge in [-0.15, -0.1) is 11.8 Å². The predicted molar refractivity (Wildman–Crippen MR) is 105 cm³/mol. The topological polar surface area (TPSA) is 90.0 Å². The maximum Gasteiger partial charge on any atom is 0.317 e. The van der Waals surface area contributed by atoms with Crippen molar-refractivity contribution in [2.24, 2.45) is 5.92 Å². The summed E-state index contributed by atoms with van der Waals surface area (Å²) in [5.74, 6) is 0.670. The fourth-order valence-electron chi connectivity index (χ4n) is 3.89. The van der Waals surface area contributed by atoms with Crippen LogP contribution in [0.15, 0.2) is 0 Å². The number of amides is 2. The maximum atomic E-state index is 12.1. The number of hydrogen-bond donors (Lipinski definition) is 2. The highest BCUT2D eigenvalue weighted by molar-refractivity contribution is 8.00. The second kappa shape index (κ2) is 9.78. The van der Waals surface area contributed by atoms with Crippen molar-refractivity contribution in [3.8, 4) is 0 Å². The van der Waals surface area contributed by atoms with E-state index in [-0.39, 0.29) is 30.4 Å². The zero-order valence-corrected chi connectivity index (χ0v) is 16.7. The van der Waals surface area contributed by atoms with E-state index in [9.17, 15) is 14.4 Å². The van der Waals surface area contributed by atoms with Gasteiger partial charge in [-0.2, -0.15) is 0 Å². The minimum Gasteiger partial charge on any atom is -0.480 e. The Labute approximate surface area is 165 Å². The molecule has 27 heavy (non-hydrogen) atoms. The lowest BCUT2D eigenvalue weighted by molar-refractivity contribution is -0.140. The molecule has 1 saturated heterocycles. The van der Waals surface area contributed by atoms with Crippen LogP contribution in [0.5, 0.6) is 0 Å². The average molecular weight is 398 g/mol. The van der Waals surface area contributed by atoms with Crippen molar-refractivity contribution in [1.29, 1.82) is 0 Å². The predicted octanol–water partition coefficient (Wildman–Crippen LogP) is 1.18. The molecule has 0 radical (unpaired) electrons. The quantitative estimate of drug-likeness (QED) is 0.575. The summed E-state index contributed by atoms with van der Waals surface area (Å²) in [7, 11) is 0. The van der Waals surface area contributed by atoms with Crippen LogP contribution in [0, 0.1) is 5.92 Å². The van der Waals surface area contributed by atoms with Gasteiger partial charge in [-0.3, -0.25) is 19.3 Å². The Bertz CT molecular complexity index is 543. The molecule has 1 heterocycles. The Hall–Kier alpha value is -1.28. The van der Waals surface area contributed by atoms with Crippen LogP contribution in [0.3, 0.4) is 0 Å². The lowest BCUT2D eigenvalue weighted by atomic mass is 9.85. The molecule has 2 N–H and O–H groups in total. The number of likely N-dealkylation sites (tertiary alicyclic amines) is 1. The fraction of sp³-hybridized carbons (Fsp3) is 0.842. The summed E-state index contributed by atoms with van der Waals surface area (Å²) in [5.41, 5.74) is 0. The van der Waals surface area contributed by atoms with Crippen LogP contribution in [0.2, 0.25) is 0 Å². The van der Waals surface area contributed by atoms with Crippen molar-refractivity contribution >= 4 is 29.5 Å². The van der Waals surface area contributed by atoms with Gasteiger partial charge in [0.15, 0.2) is 0 Å².